The van der Waals surface area contributed by atoms with Gasteiger partial charge in [-0.15, -0.1) is 0 Å². The van der Waals surface area contributed by atoms with Crippen LogP contribution in [0.5, 0.6) is 0 Å². The zero-order valence-corrected chi connectivity index (χ0v) is 11.5. The van der Waals surface area contributed by atoms with Gasteiger partial charge in [0.2, 0.25) is 0 Å². The molecule has 0 aliphatic heterocycles. The number of anilines is 1. The Hall–Kier alpha value is -1.22. The normalized spacial score (nSPS) is 10.5. The molecule has 0 fully saturated rings. The van der Waals surface area contributed by atoms with Gasteiger partial charge in [-0.3, -0.25) is 4.79 Å². The van der Waals surface area contributed by atoms with Crippen molar-refractivity contribution in [2.75, 3.05) is 18.9 Å². The fourth-order valence-electron chi connectivity index (χ4n) is 1.46. The van der Waals surface area contributed by atoms with Crippen LogP contribution in [0.1, 0.15) is 31.1 Å². The van der Waals surface area contributed by atoms with E-state index < -0.39 is 0 Å². The molecule has 0 aliphatic rings. The summed E-state index contributed by atoms with van der Waals surface area (Å²) in [6.07, 6.45) is 0. The highest BCUT2D eigenvalue weighted by molar-refractivity contribution is 6.31. The first kappa shape index (κ1) is 13.8. The second-order valence-corrected chi connectivity index (χ2v) is 4.67. The van der Waals surface area contributed by atoms with Crippen LogP contribution in [-0.4, -0.2) is 30.4 Å². The number of nitrogens with zero attached hydrogens (tertiary/aromatic N) is 1. The Kier molecular flexibility index (Phi) is 4.82. The molecule has 0 aromatic heterocycles. The monoisotopic (exact) mass is 254 g/mol. The Bertz CT molecular complexity index is 404. The SMILES string of the molecule is CCNc1ccc(Cl)cc1C(=O)N(C)C(C)C. The highest BCUT2D eigenvalue weighted by Gasteiger charge is 2.18. The van der Waals surface area contributed by atoms with Crippen molar-refractivity contribution in [1.82, 2.24) is 4.90 Å². The van der Waals surface area contributed by atoms with E-state index in [2.05, 4.69) is 5.32 Å². The summed E-state index contributed by atoms with van der Waals surface area (Å²) in [7, 11) is 1.80. The van der Waals surface area contributed by atoms with E-state index in [4.69, 9.17) is 11.6 Å². The average Bonchev–Trinajstić information content (AvgIpc) is 2.29. The predicted octanol–water partition coefficient (Wildman–Crippen LogP) is 3.25. The van der Waals surface area contributed by atoms with Gasteiger partial charge in [0, 0.05) is 30.3 Å². The molecule has 0 heterocycles. The molecule has 0 aliphatic carbocycles. The molecule has 1 aromatic rings. The number of nitrogens with one attached hydrogen (secondary N) is 1. The van der Waals surface area contributed by atoms with Gasteiger partial charge >= 0.3 is 0 Å². The summed E-state index contributed by atoms with van der Waals surface area (Å²) in [6.45, 7) is 6.73. The molecule has 1 amide bonds. The fraction of sp³-hybridized carbons (Fsp3) is 0.462. The first-order valence-corrected chi connectivity index (χ1v) is 6.15. The third kappa shape index (κ3) is 3.37. The summed E-state index contributed by atoms with van der Waals surface area (Å²) in [5.74, 6) is -0.0153. The van der Waals surface area contributed by atoms with Crippen LogP contribution < -0.4 is 5.32 Å². The molecule has 0 saturated heterocycles. The second kappa shape index (κ2) is 5.92. The van der Waals surface area contributed by atoms with Crippen molar-refractivity contribution in [2.24, 2.45) is 0 Å². The maximum Gasteiger partial charge on any atom is 0.255 e. The molecule has 94 valence electrons. The first-order valence-electron chi connectivity index (χ1n) is 5.78. The van der Waals surface area contributed by atoms with Gasteiger partial charge in [0.15, 0.2) is 0 Å². The Morgan fingerprint density at radius 1 is 1.47 bits per heavy atom. The summed E-state index contributed by atoms with van der Waals surface area (Å²) in [5, 5.41) is 3.75. The summed E-state index contributed by atoms with van der Waals surface area (Å²) >= 11 is 5.95. The first-order chi connectivity index (χ1) is 7.97. The van der Waals surface area contributed by atoms with Crippen molar-refractivity contribution in [3.63, 3.8) is 0 Å². The number of benzene rings is 1. The van der Waals surface area contributed by atoms with Crippen molar-refractivity contribution < 1.29 is 4.79 Å². The van der Waals surface area contributed by atoms with E-state index in [1.54, 1.807) is 24.1 Å². The molecule has 1 rings (SSSR count). The summed E-state index contributed by atoms with van der Waals surface area (Å²) < 4.78 is 0. The van der Waals surface area contributed by atoms with Crippen LogP contribution in [0.2, 0.25) is 5.02 Å². The number of hydrogen-bond donors (Lipinski definition) is 1. The Morgan fingerprint density at radius 2 is 2.12 bits per heavy atom. The van der Waals surface area contributed by atoms with Crippen molar-refractivity contribution in [2.45, 2.75) is 26.8 Å². The molecular weight excluding hydrogens is 236 g/mol. The van der Waals surface area contributed by atoms with Gasteiger partial charge in [-0.1, -0.05) is 11.6 Å². The van der Waals surface area contributed by atoms with E-state index in [9.17, 15) is 4.79 Å². The lowest BCUT2D eigenvalue weighted by molar-refractivity contribution is 0.0756. The number of amides is 1. The van der Waals surface area contributed by atoms with Crippen LogP contribution in [0.25, 0.3) is 0 Å². The van der Waals surface area contributed by atoms with E-state index in [-0.39, 0.29) is 11.9 Å². The zero-order chi connectivity index (χ0) is 13.0. The van der Waals surface area contributed by atoms with Crippen LogP contribution in [0, 0.1) is 0 Å². The van der Waals surface area contributed by atoms with Crippen LogP contribution in [-0.2, 0) is 0 Å². The topological polar surface area (TPSA) is 32.3 Å². The fourth-order valence-corrected chi connectivity index (χ4v) is 1.63. The van der Waals surface area contributed by atoms with Gasteiger partial charge in [-0.2, -0.15) is 0 Å². The molecular formula is C13H19ClN2O. The second-order valence-electron chi connectivity index (χ2n) is 4.23. The molecule has 0 unspecified atom stereocenters. The van der Waals surface area contributed by atoms with E-state index in [1.807, 2.05) is 26.8 Å². The van der Waals surface area contributed by atoms with Gasteiger partial charge in [-0.25, -0.2) is 0 Å². The van der Waals surface area contributed by atoms with Crippen molar-refractivity contribution >= 4 is 23.2 Å². The maximum atomic E-state index is 12.3. The largest absolute Gasteiger partial charge is 0.385 e. The lowest BCUT2D eigenvalue weighted by Gasteiger charge is -2.23. The van der Waals surface area contributed by atoms with Gasteiger partial charge in [-0.05, 0) is 39.0 Å². The Balaban J connectivity index is 3.10. The molecule has 4 heteroatoms. The average molecular weight is 255 g/mol. The molecule has 0 radical (unpaired) electrons. The smallest absolute Gasteiger partial charge is 0.255 e. The minimum absolute atomic E-state index is 0.0153. The van der Waals surface area contributed by atoms with Crippen molar-refractivity contribution in [3.05, 3.63) is 28.8 Å². The molecule has 0 spiro atoms. The summed E-state index contributed by atoms with van der Waals surface area (Å²) in [5.41, 5.74) is 1.45. The number of carbonyl (C=O) groups excluding carboxylic acids is 1. The van der Waals surface area contributed by atoms with Crippen LogP contribution >= 0.6 is 11.6 Å². The molecule has 17 heavy (non-hydrogen) atoms. The number of hydrogen-bond acceptors (Lipinski definition) is 2. The minimum Gasteiger partial charge on any atom is -0.385 e. The Labute approximate surface area is 108 Å². The number of rotatable bonds is 4. The van der Waals surface area contributed by atoms with E-state index in [0.29, 0.717) is 10.6 Å². The molecule has 1 aromatic carbocycles. The number of halogens is 1. The van der Waals surface area contributed by atoms with Gasteiger partial charge in [0.25, 0.3) is 5.91 Å². The quantitative estimate of drug-likeness (QED) is 0.895. The molecule has 1 N–H and O–H groups in total. The minimum atomic E-state index is -0.0153. The summed E-state index contributed by atoms with van der Waals surface area (Å²) in [6, 6.07) is 5.50. The third-order valence-corrected chi connectivity index (χ3v) is 2.91. The highest BCUT2D eigenvalue weighted by atomic mass is 35.5. The third-order valence-electron chi connectivity index (χ3n) is 2.67. The molecule has 3 nitrogen and oxygen atoms in total. The zero-order valence-electron chi connectivity index (χ0n) is 10.7. The molecule has 0 saturated carbocycles. The van der Waals surface area contributed by atoms with Gasteiger partial charge in [0.1, 0.15) is 0 Å². The molecule has 0 bridgehead atoms. The number of carbonyl (C=O) groups is 1. The summed E-state index contributed by atoms with van der Waals surface area (Å²) in [4.78, 5) is 14.0. The predicted molar refractivity (Wildman–Crippen MR) is 72.8 cm³/mol. The van der Waals surface area contributed by atoms with Gasteiger partial charge < -0.3 is 10.2 Å². The van der Waals surface area contributed by atoms with Crippen molar-refractivity contribution in [3.8, 4) is 0 Å². The van der Waals surface area contributed by atoms with Gasteiger partial charge in [0.05, 0.1) is 5.56 Å². The standard InChI is InChI=1S/C13H19ClN2O/c1-5-15-12-7-6-10(14)8-11(12)13(17)16(4)9(2)3/h6-9,15H,5H2,1-4H3. The van der Waals surface area contributed by atoms with E-state index >= 15 is 0 Å². The van der Waals surface area contributed by atoms with Crippen LogP contribution in [0.3, 0.4) is 0 Å². The van der Waals surface area contributed by atoms with E-state index in [1.165, 1.54) is 0 Å². The van der Waals surface area contributed by atoms with Crippen LogP contribution in [0.4, 0.5) is 5.69 Å². The van der Waals surface area contributed by atoms with E-state index in [0.717, 1.165) is 12.2 Å². The lowest BCUT2D eigenvalue weighted by atomic mass is 10.1. The Morgan fingerprint density at radius 3 is 2.65 bits per heavy atom. The lowest BCUT2D eigenvalue weighted by Crippen LogP contribution is -2.33. The molecule has 0 atom stereocenters. The van der Waals surface area contributed by atoms with Crippen LogP contribution in [0.15, 0.2) is 18.2 Å². The highest BCUT2D eigenvalue weighted by Crippen LogP contribution is 2.22. The maximum absolute atomic E-state index is 12.3. The van der Waals surface area contributed by atoms with Crippen molar-refractivity contribution in [1.29, 1.82) is 0 Å².